The monoisotopic (exact) mass is 378 g/mol. The molecule has 28 heavy (non-hydrogen) atoms. The molecule has 0 aromatic carbocycles. The van der Waals surface area contributed by atoms with E-state index in [4.69, 9.17) is 0 Å². The number of nitrogens with one attached hydrogen (secondary N) is 1. The summed E-state index contributed by atoms with van der Waals surface area (Å²) >= 11 is 0. The summed E-state index contributed by atoms with van der Waals surface area (Å²) in [6, 6.07) is 5.31. The lowest BCUT2D eigenvalue weighted by molar-refractivity contribution is -0.117. The number of rotatable bonds is 4. The first-order valence-electron chi connectivity index (χ1n) is 9.31. The minimum Gasteiger partial charge on any atom is -0.387 e. The van der Waals surface area contributed by atoms with E-state index in [1.165, 1.54) is 0 Å². The number of fused-ring (bicyclic) bond motifs is 1. The highest BCUT2D eigenvalue weighted by atomic mass is 16.3. The second-order valence-corrected chi connectivity index (χ2v) is 7.41. The zero-order valence-corrected chi connectivity index (χ0v) is 16.1. The third kappa shape index (κ3) is 3.29. The van der Waals surface area contributed by atoms with Crippen molar-refractivity contribution in [3.8, 4) is 11.1 Å². The highest BCUT2D eigenvalue weighted by Crippen LogP contribution is 2.30. The van der Waals surface area contributed by atoms with E-state index < -0.39 is 6.10 Å². The second-order valence-electron chi connectivity index (χ2n) is 7.41. The van der Waals surface area contributed by atoms with Gasteiger partial charge in [-0.15, -0.1) is 0 Å². The molecule has 1 saturated carbocycles. The third-order valence-corrected chi connectivity index (χ3v) is 5.16. The van der Waals surface area contributed by atoms with Crippen LogP contribution in [0.2, 0.25) is 0 Å². The lowest BCUT2D eigenvalue weighted by atomic mass is 10.0. The number of carbonyl (C=O) groups is 1. The topological polar surface area (TPSA) is 97.1 Å². The Bertz CT molecular complexity index is 1150. The van der Waals surface area contributed by atoms with Gasteiger partial charge in [-0.25, -0.2) is 4.98 Å². The van der Waals surface area contributed by atoms with Crippen LogP contribution < -0.4 is 10.9 Å². The van der Waals surface area contributed by atoms with Crippen LogP contribution in [0.1, 0.15) is 37.1 Å². The van der Waals surface area contributed by atoms with Crippen LogP contribution in [0, 0.1) is 12.8 Å². The molecule has 0 saturated heterocycles. The maximum Gasteiger partial charge on any atom is 0.258 e. The zero-order chi connectivity index (χ0) is 20.0. The minimum absolute atomic E-state index is 0.0200. The second kappa shape index (κ2) is 6.83. The van der Waals surface area contributed by atoms with Crippen LogP contribution in [-0.2, 0) is 11.8 Å². The SMILES string of the molecule is Cc1cc(C(C)O)ncc1-c1cc2cnc(NC(=O)C3CC3)cc2n(C)c1=O. The van der Waals surface area contributed by atoms with Gasteiger partial charge in [0.2, 0.25) is 5.91 Å². The average Bonchev–Trinajstić information content (AvgIpc) is 3.50. The summed E-state index contributed by atoms with van der Waals surface area (Å²) in [5.41, 5.74) is 3.21. The molecule has 3 aromatic heterocycles. The Morgan fingerprint density at radius 3 is 2.61 bits per heavy atom. The maximum absolute atomic E-state index is 13.0. The van der Waals surface area contributed by atoms with Crippen molar-refractivity contribution in [2.45, 2.75) is 32.8 Å². The number of nitrogens with zero attached hydrogens (tertiary/aromatic N) is 3. The molecule has 1 aliphatic rings. The maximum atomic E-state index is 13.0. The molecule has 4 rings (SSSR count). The number of amides is 1. The lowest BCUT2D eigenvalue weighted by Crippen LogP contribution is -2.20. The van der Waals surface area contributed by atoms with E-state index in [0.717, 1.165) is 29.4 Å². The van der Waals surface area contributed by atoms with Crippen molar-refractivity contribution < 1.29 is 9.90 Å². The van der Waals surface area contributed by atoms with Crippen LogP contribution in [0.25, 0.3) is 22.0 Å². The molecule has 1 fully saturated rings. The van der Waals surface area contributed by atoms with Gasteiger partial charge >= 0.3 is 0 Å². The van der Waals surface area contributed by atoms with Crippen molar-refractivity contribution >= 4 is 22.6 Å². The molecule has 0 radical (unpaired) electrons. The van der Waals surface area contributed by atoms with Gasteiger partial charge in [0.1, 0.15) is 5.82 Å². The van der Waals surface area contributed by atoms with Gasteiger partial charge in [0.25, 0.3) is 5.56 Å². The fourth-order valence-corrected chi connectivity index (χ4v) is 3.29. The van der Waals surface area contributed by atoms with Crippen LogP contribution in [0.3, 0.4) is 0 Å². The summed E-state index contributed by atoms with van der Waals surface area (Å²) in [5.74, 6) is 0.517. The molecule has 0 spiro atoms. The van der Waals surface area contributed by atoms with Crippen LogP contribution in [0.15, 0.2) is 35.4 Å². The van der Waals surface area contributed by atoms with Crippen molar-refractivity contribution in [1.82, 2.24) is 14.5 Å². The summed E-state index contributed by atoms with van der Waals surface area (Å²) in [6.07, 6.45) is 4.46. The van der Waals surface area contributed by atoms with Gasteiger partial charge in [-0.2, -0.15) is 0 Å². The third-order valence-electron chi connectivity index (χ3n) is 5.16. The molecule has 3 heterocycles. The number of anilines is 1. The summed E-state index contributed by atoms with van der Waals surface area (Å²) in [5, 5.41) is 13.3. The number of hydrogen-bond donors (Lipinski definition) is 2. The molecular formula is C21H22N4O3. The Hall–Kier alpha value is -3.06. The first-order valence-corrected chi connectivity index (χ1v) is 9.31. The highest BCUT2D eigenvalue weighted by Gasteiger charge is 2.29. The van der Waals surface area contributed by atoms with Crippen molar-refractivity contribution in [3.63, 3.8) is 0 Å². The van der Waals surface area contributed by atoms with E-state index >= 15 is 0 Å². The van der Waals surface area contributed by atoms with Crippen LogP contribution in [0.4, 0.5) is 5.82 Å². The average molecular weight is 378 g/mol. The van der Waals surface area contributed by atoms with Gasteiger partial charge in [-0.3, -0.25) is 14.6 Å². The number of carbonyl (C=O) groups excluding carboxylic acids is 1. The van der Waals surface area contributed by atoms with Gasteiger partial charge in [-0.05, 0) is 44.4 Å². The van der Waals surface area contributed by atoms with Crippen molar-refractivity contribution in [1.29, 1.82) is 0 Å². The molecule has 1 unspecified atom stereocenters. The van der Waals surface area contributed by atoms with E-state index in [0.29, 0.717) is 22.6 Å². The van der Waals surface area contributed by atoms with Gasteiger partial charge in [0, 0.05) is 47.9 Å². The van der Waals surface area contributed by atoms with Gasteiger partial charge < -0.3 is 15.0 Å². The molecule has 1 aliphatic carbocycles. The van der Waals surface area contributed by atoms with Gasteiger partial charge in [0.05, 0.1) is 17.3 Å². The molecule has 0 aliphatic heterocycles. The van der Waals surface area contributed by atoms with E-state index in [-0.39, 0.29) is 17.4 Å². The summed E-state index contributed by atoms with van der Waals surface area (Å²) in [4.78, 5) is 33.6. The molecular weight excluding hydrogens is 356 g/mol. The predicted octanol–water partition coefficient (Wildman–Crippen LogP) is 2.71. The van der Waals surface area contributed by atoms with Gasteiger partial charge in [-0.1, -0.05) is 0 Å². The number of pyridine rings is 3. The molecule has 1 atom stereocenters. The number of aliphatic hydroxyl groups is 1. The molecule has 1 amide bonds. The van der Waals surface area contributed by atoms with Crippen LogP contribution in [0.5, 0.6) is 0 Å². The zero-order valence-electron chi connectivity index (χ0n) is 16.1. The Labute approximate surface area is 162 Å². The van der Waals surface area contributed by atoms with E-state index in [1.807, 2.05) is 6.92 Å². The summed E-state index contributed by atoms with van der Waals surface area (Å²) in [7, 11) is 1.70. The first-order chi connectivity index (χ1) is 13.3. The minimum atomic E-state index is -0.666. The van der Waals surface area contributed by atoms with Crippen LogP contribution >= 0.6 is 0 Å². The first kappa shape index (κ1) is 18.3. The van der Waals surface area contributed by atoms with E-state index in [9.17, 15) is 14.7 Å². The van der Waals surface area contributed by atoms with Crippen LogP contribution in [-0.4, -0.2) is 25.5 Å². The van der Waals surface area contributed by atoms with Gasteiger partial charge in [0.15, 0.2) is 0 Å². The summed E-state index contributed by atoms with van der Waals surface area (Å²) in [6.45, 7) is 3.54. The highest BCUT2D eigenvalue weighted by molar-refractivity contribution is 5.95. The number of aliphatic hydroxyl groups excluding tert-OH is 1. The fraction of sp³-hybridized carbons (Fsp3) is 0.333. The number of aromatic nitrogens is 3. The Balaban J connectivity index is 1.78. The predicted molar refractivity (Wildman–Crippen MR) is 107 cm³/mol. The molecule has 7 nitrogen and oxygen atoms in total. The lowest BCUT2D eigenvalue weighted by Gasteiger charge is -2.13. The summed E-state index contributed by atoms with van der Waals surface area (Å²) < 4.78 is 1.56. The molecule has 144 valence electrons. The van der Waals surface area contributed by atoms with Crippen molar-refractivity contribution in [2.75, 3.05) is 5.32 Å². The van der Waals surface area contributed by atoms with E-state index in [1.54, 1.807) is 49.1 Å². The molecule has 2 N–H and O–H groups in total. The largest absolute Gasteiger partial charge is 0.387 e. The number of aryl methyl sites for hydroxylation is 2. The quantitative estimate of drug-likeness (QED) is 0.728. The smallest absolute Gasteiger partial charge is 0.258 e. The molecule has 3 aromatic rings. The molecule has 0 bridgehead atoms. The van der Waals surface area contributed by atoms with Crippen molar-refractivity contribution in [2.24, 2.45) is 13.0 Å². The molecule has 7 heteroatoms. The standard InChI is InChI=1S/C21H22N4O3/c1-11-6-17(12(2)26)22-10-16(11)15-7-14-9-23-19(24-20(27)13-4-5-13)8-18(14)25(3)21(15)28/h6-10,12-13,26H,4-5H2,1-3H3,(H,23,24,27). The normalized spacial score (nSPS) is 14.9. The van der Waals surface area contributed by atoms with Crippen molar-refractivity contribution in [3.05, 3.63) is 52.2 Å². The Morgan fingerprint density at radius 1 is 1.21 bits per heavy atom. The van der Waals surface area contributed by atoms with E-state index in [2.05, 4.69) is 15.3 Å². The Kier molecular flexibility index (Phi) is 4.47. The fourth-order valence-electron chi connectivity index (χ4n) is 3.29. The Morgan fingerprint density at radius 2 is 1.96 bits per heavy atom. The number of hydrogen-bond acceptors (Lipinski definition) is 5.